The monoisotopic (exact) mass is 469 g/mol. The highest BCUT2D eigenvalue weighted by Crippen LogP contribution is 2.39. The average Bonchev–Trinajstić information content (AvgIpc) is 2.51. The maximum atomic E-state index is 13.5. The fourth-order valence-electron chi connectivity index (χ4n) is 2.21. The molecule has 0 aliphatic heterocycles. The van der Waals surface area contributed by atoms with Gasteiger partial charge in [-0.05, 0) is 51.3 Å². The number of carbonyl (C=O) groups excluding carboxylic acids is 1. The van der Waals surface area contributed by atoms with Crippen LogP contribution in [0.3, 0.4) is 0 Å². The van der Waals surface area contributed by atoms with Gasteiger partial charge in [-0.1, -0.05) is 41.4 Å². The molecule has 138 valence electrons. The first-order chi connectivity index (χ1) is 12.0. The molecule has 0 spiro atoms. The Bertz CT molecular complexity index is 861. The van der Waals surface area contributed by atoms with Gasteiger partial charge in [0.05, 0.1) is 21.5 Å². The summed E-state index contributed by atoms with van der Waals surface area (Å²) in [7, 11) is 0. The van der Waals surface area contributed by atoms with E-state index < -0.39 is 33.9 Å². The third kappa shape index (κ3) is 4.78. The van der Waals surface area contributed by atoms with Crippen LogP contribution in [-0.4, -0.2) is 12.1 Å². The number of benzene rings is 2. The van der Waals surface area contributed by atoms with Crippen molar-refractivity contribution in [2.75, 3.05) is 0 Å². The Morgan fingerprint density at radius 1 is 1.15 bits per heavy atom. The zero-order valence-electron chi connectivity index (χ0n) is 12.8. The summed E-state index contributed by atoms with van der Waals surface area (Å²) in [6.07, 6.45) is -2.53. The minimum Gasteiger partial charge on any atom is -0.366 e. The summed E-state index contributed by atoms with van der Waals surface area (Å²) in [4.78, 5) is 11.2. The number of allylic oxidation sites excluding steroid dienone is 1. The molecule has 2 rings (SSSR count). The Hall–Kier alpha value is -1.57. The zero-order valence-corrected chi connectivity index (χ0v) is 15.8. The van der Waals surface area contributed by atoms with Gasteiger partial charge in [0.1, 0.15) is 0 Å². The van der Waals surface area contributed by atoms with Crippen LogP contribution >= 0.6 is 39.1 Å². The molecule has 9 heteroatoms. The fraction of sp³-hybridized carbons (Fsp3) is 0.118. The van der Waals surface area contributed by atoms with Gasteiger partial charge in [-0.3, -0.25) is 4.79 Å². The third-order valence-electron chi connectivity index (χ3n) is 3.46. The molecular weight excluding hydrogens is 461 g/mol. The molecule has 2 aromatic rings. The zero-order chi connectivity index (χ0) is 19.6. The lowest BCUT2D eigenvalue weighted by Crippen LogP contribution is -2.19. The largest absolute Gasteiger partial charge is 0.399 e. The lowest BCUT2D eigenvalue weighted by atomic mass is 9.97. The van der Waals surface area contributed by atoms with E-state index in [0.29, 0.717) is 10.0 Å². The SMILES string of the molecule is NC(=O)c1ccc(/C=C/C(c2cc(Cl)c(F)c(Cl)c2)C(F)(F)F)cc1Br. The summed E-state index contributed by atoms with van der Waals surface area (Å²) < 4.78 is 54.1. The van der Waals surface area contributed by atoms with Crippen molar-refractivity contribution in [1.82, 2.24) is 0 Å². The number of alkyl halides is 3. The minimum atomic E-state index is -4.65. The van der Waals surface area contributed by atoms with Crippen molar-refractivity contribution in [3.05, 3.63) is 73.4 Å². The second kappa shape index (κ2) is 7.98. The Morgan fingerprint density at radius 2 is 1.73 bits per heavy atom. The third-order valence-corrected chi connectivity index (χ3v) is 4.66. The molecule has 2 aromatic carbocycles. The lowest BCUT2D eigenvalue weighted by molar-refractivity contribution is -0.139. The van der Waals surface area contributed by atoms with Crippen molar-refractivity contribution in [1.29, 1.82) is 0 Å². The van der Waals surface area contributed by atoms with E-state index in [1.807, 2.05) is 0 Å². The standard InChI is InChI=1S/C17H10BrCl2F4NO/c18-12-5-8(1-3-10(12)16(25)26)2-4-11(17(22,23)24)9-6-13(19)15(21)14(20)7-9/h1-7,11H,(H2,25,26)/b4-2+. The van der Waals surface area contributed by atoms with Gasteiger partial charge in [0.25, 0.3) is 0 Å². The van der Waals surface area contributed by atoms with E-state index in [9.17, 15) is 22.4 Å². The van der Waals surface area contributed by atoms with Crippen LogP contribution < -0.4 is 5.73 Å². The Morgan fingerprint density at radius 3 is 2.19 bits per heavy atom. The van der Waals surface area contributed by atoms with E-state index in [-0.39, 0.29) is 11.1 Å². The maximum Gasteiger partial charge on any atom is 0.399 e. The Labute approximate surface area is 164 Å². The van der Waals surface area contributed by atoms with E-state index in [0.717, 1.165) is 18.2 Å². The number of amides is 1. The molecule has 2 nitrogen and oxygen atoms in total. The van der Waals surface area contributed by atoms with Crippen LogP contribution in [0.1, 0.15) is 27.4 Å². The van der Waals surface area contributed by atoms with Gasteiger partial charge < -0.3 is 5.73 Å². The summed E-state index contributed by atoms with van der Waals surface area (Å²) in [5.74, 6) is -3.70. The molecule has 1 unspecified atom stereocenters. The minimum absolute atomic E-state index is 0.201. The Balaban J connectivity index is 2.42. The van der Waals surface area contributed by atoms with Gasteiger partial charge in [0.15, 0.2) is 5.82 Å². The van der Waals surface area contributed by atoms with Crippen molar-refractivity contribution in [3.8, 4) is 0 Å². The summed E-state index contributed by atoms with van der Waals surface area (Å²) in [5, 5.41) is -0.993. The van der Waals surface area contributed by atoms with Crippen LogP contribution in [-0.2, 0) is 0 Å². The van der Waals surface area contributed by atoms with E-state index in [2.05, 4.69) is 15.9 Å². The molecule has 0 saturated heterocycles. The van der Waals surface area contributed by atoms with E-state index >= 15 is 0 Å². The molecule has 0 aromatic heterocycles. The van der Waals surface area contributed by atoms with Crippen LogP contribution in [0.4, 0.5) is 17.6 Å². The van der Waals surface area contributed by atoms with Crippen LogP contribution in [0.15, 0.2) is 40.9 Å². The predicted octanol–water partition coefficient (Wildman–Crippen LogP) is 6.35. The lowest BCUT2D eigenvalue weighted by Gasteiger charge is -2.18. The predicted molar refractivity (Wildman–Crippen MR) is 96.9 cm³/mol. The van der Waals surface area contributed by atoms with E-state index in [1.165, 1.54) is 24.3 Å². The van der Waals surface area contributed by atoms with Crippen molar-refractivity contribution >= 4 is 51.1 Å². The van der Waals surface area contributed by atoms with E-state index in [4.69, 9.17) is 28.9 Å². The smallest absolute Gasteiger partial charge is 0.366 e. The molecule has 0 saturated carbocycles. The molecule has 0 heterocycles. The van der Waals surface area contributed by atoms with Crippen molar-refractivity contribution in [2.45, 2.75) is 12.1 Å². The molecule has 0 aliphatic carbocycles. The van der Waals surface area contributed by atoms with Crippen LogP contribution in [0.5, 0.6) is 0 Å². The molecule has 26 heavy (non-hydrogen) atoms. The molecule has 0 bridgehead atoms. The summed E-state index contributed by atoms with van der Waals surface area (Å²) >= 11 is 14.3. The highest BCUT2D eigenvalue weighted by molar-refractivity contribution is 9.10. The number of carbonyl (C=O) groups is 1. The molecule has 2 N–H and O–H groups in total. The normalized spacial score (nSPS) is 13.2. The van der Waals surface area contributed by atoms with Gasteiger partial charge in [-0.15, -0.1) is 0 Å². The highest BCUT2D eigenvalue weighted by atomic mass is 79.9. The Kier molecular flexibility index (Phi) is 6.37. The molecule has 1 atom stereocenters. The first-order valence-corrected chi connectivity index (χ1v) is 8.54. The fourth-order valence-corrected chi connectivity index (χ4v) is 3.30. The maximum absolute atomic E-state index is 13.5. The second-order valence-electron chi connectivity index (χ2n) is 5.28. The van der Waals surface area contributed by atoms with Crippen LogP contribution in [0, 0.1) is 5.82 Å². The number of primary amides is 1. The van der Waals surface area contributed by atoms with Crippen molar-refractivity contribution < 1.29 is 22.4 Å². The number of halogens is 7. The topological polar surface area (TPSA) is 43.1 Å². The highest BCUT2D eigenvalue weighted by Gasteiger charge is 2.39. The summed E-state index contributed by atoms with van der Waals surface area (Å²) in [6, 6.07) is 6.06. The molecule has 0 fully saturated rings. The first-order valence-electron chi connectivity index (χ1n) is 6.99. The van der Waals surface area contributed by atoms with Crippen molar-refractivity contribution in [3.63, 3.8) is 0 Å². The van der Waals surface area contributed by atoms with Crippen LogP contribution in [0.25, 0.3) is 6.08 Å². The number of hydrogen-bond acceptors (Lipinski definition) is 1. The van der Waals surface area contributed by atoms with Crippen molar-refractivity contribution in [2.24, 2.45) is 5.73 Å². The quantitative estimate of drug-likeness (QED) is 0.410. The van der Waals surface area contributed by atoms with Gasteiger partial charge >= 0.3 is 6.18 Å². The molecule has 0 radical (unpaired) electrons. The van der Waals surface area contributed by atoms with Gasteiger partial charge in [-0.25, -0.2) is 4.39 Å². The van der Waals surface area contributed by atoms with Gasteiger partial charge in [-0.2, -0.15) is 13.2 Å². The molecule has 1 amide bonds. The van der Waals surface area contributed by atoms with Gasteiger partial charge in [0, 0.05) is 4.47 Å². The van der Waals surface area contributed by atoms with Crippen LogP contribution in [0.2, 0.25) is 10.0 Å². The molecule has 0 aliphatic rings. The van der Waals surface area contributed by atoms with E-state index in [1.54, 1.807) is 0 Å². The number of rotatable bonds is 4. The summed E-state index contributed by atoms with van der Waals surface area (Å²) in [6.45, 7) is 0. The van der Waals surface area contributed by atoms with Gasteiger partial charge in [0.2, 0.25) is 5.91 Å². The molecular formula is C17H10BrCl2F4NO. The average molecular weight is 471 g/mol. The number of nitrogens with two attached hydrogens (primary N) is 1. The summed E-state index contributed by atoms with van der Waals surface area (Å²) in [5.41, 5.74) is 5.47. The second-order valence-corrected chi connectivity index (χ2v) is 6.95. The first kappa shape index (κ1) is 20.7. The number of hydrogen-bond donors (Lipinski definition) is 1.